The predicted molar refractivity (Wildman–Crippen MR) is 61.8 cm³/mol. The molecule has 2 aromatic rings. The van der Waals surface area contributed by atoms with E-state index in [2.05, 4.69) is 23.1 Å². The third-order valence-corrected chi connectivity index (χ3v) is 2.46. The van der Waals surface area contributed by atoms with Crippen LogP contribution in [0.25, 0.3) is 11.5 Å². The van der Waals surface area contributed by atoms with E-state index < -0.39 is 0 Å². The van der Waals surface area contributed by atoms with Crippen molar-refractivity contribution < 1.29 is 4.52 Å². The summed E-state index contributed by atoms with van der Waals surface area (Å²) in [5.74, 6) is 1.07. The molecule has 1 aromatic heterocycles. The average molecular weight is 217 g/mol. The van der Waals surface area contributed by atoms with Gasteiger partial charge in [0.1, 0.15) is 0 Å². The minimum Gasteiger partial charge on any atom is -0.334 e. The molecule has 0 aliphatic rings. The van der Waals surface area contributed by atoms with Gasteiger partial charge in [-0.3, -0.25) is 0 Å². The number of rotatable bonds is 2. The molecule has 1 aromatic carbocycles. The van der Waals surface area contributed by atoms with Gasteiger partial charge in [0.2, 0.25) is 0 Å². The first-order chi connectivity index (χ1) is 7.58. The Morgan fingerprint density at radius 3 is 2.62 bits per heavy atom. The summed E-state index contributed by atoms with van der Waals surface area (Å²) in [7, 11) is 0. The maximum atomic E-state index is 5.68. The molecule has 0 saturated carbocycles. The van der Waals surface area contributed by atoms with E-state index in [1.165, 1.54) is 5.56 Å². The number of hydrogen-bond donors (Lipinski definition) is 1. The van der Waals surface area contributed by atoms with Gasteiger partial charge < -0.3 is 10.3 Å². The fraction of sp³-hybridized carbons (Fsp3) is 0.333. The van der Waals surface area contributed by atoms with Crippen molar-refractivity contribution in [2.75, 3.05) is 0 Å². The van der Waals surface area contributed by atoms with Crippen LogP contribution in [-0.4, -0.2) is 10.1 Å². The Morgan fingerprint density at radius 1 is 1.31 bits per heavy atom. The van der Waals surface area contributed by atoms with Crippen molar-refractivity contribution in [1.82, 2.24) is 10.1 Å². The van der Waals surface area contributed by atoms with Crippen molar-refractivity contribution >= 4 is 0 Å². The number of aromatic nitrogens is 2. The van der Waals surface area contributed by atoms with Crippen molar-refractivity contribution in [3.05, 3.63) is 35.2 Å². The van der Waals surface area contributed by atoms with Gasteiger partial charge in [0.15, 0.2) is 5.82 Å². The molecule has 0 saturated heterocycles. The van der Waals surface area contributed by atoms with Crippen LogP contribution in [0.4, 0.5) is 0 Å². The minimum atomic E-state index is -0.205. The fourth-order valence-corrected chi connectivity index (χ4v) is 1.58. The van der Waals surface area contributed by atoms with E-state index in [-0.39, 0.29) is 6.04 Å². The smallest absolute Gasteiger partial charge is 0.258 e. The molecular weight excluding hydrogens is 202 g/mol. The molecule has 16 heavy (non-hydrogen) atoms. The normalized spacial score (nSPS) is 12.8. The number of nitrogens with two attached hydrogens (primary N) is 1. The van der Waals surface area contributed by atoms with Crippen LogP contribution in [0.1, 0.15) is 29.9 Å². The zero-order valence-electron chi connectivity index (χ0n) is 9.69. The first-order valence-electron chi connectivity index (χ1n) is 5.24. The van der Waals surface area contributed by atoms with Crippen molar-refractivity contribution in [2.45, 2.75) is 26.8 Å². The molecule has 0 aliphatic heterocycles. The Kier molecular flexibility index (Phi) is 2.75. The molecule has 1 atom stereocenters. The summed E-state index contributed by atoms with van der Waals surface area (Å²) >= 11 is 0. The molecule has 0 spiro atoms. The summed E-state index contributed by atoms with van der Waals surface area (Å²) < 4.78 is 5.19. The first kappa shape index (κ1) is 10.8. The van der Waals surface area contributed by atoms with Gasteiger partial charge in [0.25, 0.3) is 5.89 Å². The standard InChI is InChI=1S/C12H15N3O/c1-7-4-5-10(8(2)6-7)12-14-11(9(3)13)15-16-12/h4-6,9H,13H2,1-3H3. The molecule has 0 aliphatic carbocycles. The Balaban J connectivity index is 2.42. The van der Waals surface area contributed by atoms with Gasteiger partial charge in [0, 0.05) is 5.56 Å². The monoisotopic (exact) mass is 217 g/mol. The van der Waals surface area contributed by atoms with Crippen LogP contribution in [-0.2, 0) is 0 Å². The van der Waals surface area contributed by atoms with E-state index >= 15 is 0 Å². The lowest BCUT2D eigenvalue weighted by Crippen LogP contribution is -2.06. The average Bonchev–Trinajstić information content (AvgIpc) is 2.66. The summed E-state index contributed by atoms with van der Waals surface area (Å²) in [6.07, 6.45) is 0. The summed E-state index contributed by atoms with van der Waals surface area (Å²) in [5.41, 5.74) is 8.99. The van der Waals surface area contributed by atoms with Crippen molar-refractivity contribution in [3.63, 3.8) is 0 Å². The molecule has 1 unspecified atom stereocenters. The summed E-state index contributed by atoms with van der Waals surface area (Å²) in [5, 5.41) is 3.84. The Morgan fingerprint density at radius 2 is 2.06 bits per heavy atom. The Hall–Kier alpha value is -1.68. The minimum absolute atomic E-state index is 0.205. The molecule has 2 N–H and O–H groups in total. The number of benzene rings is 1. The van der Waals surface area contributed by atoms with Crippen LogP contribution in [0.2, 0.25) is 0 Å². The van der Waals surface area contributed by atoms with Crippen molar-refractivity contribution in [3.8, 4) is 11.5 Å². The van der Waals surface area contributed by atoms with E-state index in [0.29, 0.717) is 11.7 Å². The van der Waals surface area contributed by atoms with Crippen LogP contribution in [0.15, 0.2) is 22.7 Å². The van der Waals surface area contributed by atoms with Gasteiger partial charge in [-0.05, 0) is 32.4 Å². The fourth-order valence-electron chi connectivity index (χ4n) is 1.58. The van der Waals surface area contributed by atoms with Gasteiger partial charge in [-0.1, -0.05) is 22.9 Å². The molecule has 1 heterocycles. The van der Waals surface area contributed by atoms with Gasteiger partial charge in [0.05, 0.1) is 6.04 Å². The van der Waals surface area contributed by atoms with Crippen LogP contribution in [0.3, 0.4) is 0 Å². The summed E-state index contributed by atoms with van der Waals surface area (Å²) in [6, 6.07) is 5.90. The second-order valence-electron chi connectivity index (χ2n) is 4.06. The summed E-state index contributed by atoms with van der Waals surface area (Å²) in [4.78, 5) is 4.27. The molecule has 2 rings (SSSR count). The second kappa shape index (κ2) is 4.06. The van der Waals surface area contributed by atoms with E-state index in [9.17, 15) is 0 Å². The van der Waals surface area contributed by atoms with Gasteiger partial charge in [-0.2, -0.15) is 4.98 Å². The molecular formula is C12H15N3O. The molecule has 0 bridgehead atoms. The highest BCUT2D eigenvalue weighted by Crippen LogP contribution is 2.23. The Labute approximate surface area is 94.5 Å². The molecule has 0 radical (unpaired) electrons. The lowest BCUT2D eigenvalue weighted by molar-refractivity contribution is 0.418. The molecule has 4 nitrogen and oxygen atoms in total. The van der Waals surface area contributed by atoms with E-state index in [4.69, 9.17) is 10.3 Å². The van der Waals surface area contributed by atoms with Crippen molar-refractivity contribution in [1.29, 1.82) is 0 Å². The van der Waals surface area contributed by atoms with Gasteiger partial charge in [-0.25, -0.2) is 0 Å². The molecule has 84 valence electrons. The maximum Gasteiger partial charge on any atom is 0.258 e. The Bertz CT molecular complexity index is 503. The van der Waals surface area contributed by atoms with Crippen LogP contribution in [0.5, 0.6) is 0 Å². The maximum absolute atomic E-state index is 5.68. The zero-order chi connectivity index (χ0) is 11.7. The molecule has 0 amide bonds. The zero-order valence-corrected chi connectivity index (χ0v) is 9.69. The highest BCUT2D eigenvalue weighted by atomic mass is 16.5. The van der Waals surface area contributed by atoms with Gasteiger partial charge in [-0.15, -0.1) is 0 Å². The molecule has 0 fully saturated rings. The largest absolute Gasteiger partial charge is 0.334 e. The first-order valence-corrected chi connectivity index (χ1v) is 5.24. The summed E-state index contributed by atoms with van der Waals surface area (Å²) in [6.45, 7) is 5.91. The van der Waals surface area contributed by atoms with E-state index in [1.54, 1.807) is 0 Å². The van der Waals surface area contributed by atoms with Crippen LogP contribution in [0, 0.1) is 13.8 Å². The predicted octanol–water partition coefficient (Wildman–Crippen LogP) is 2.37. The number of hydrogen-bond acceptors (Lipinski definition) is 4. The second-order valence-corrected chi connectivity index (χ2v) is 4.06. The van der Waals surface area contributed by atoms with Crippen LogP contribution >= 0.6 is 0 Å². The van der Waals surface area contributed by atoms with E-state index in [0.717, 1.165) is 11.1 Å². The number of aryl methyl sites for hydroxylation is 2. The SMILES string of the molecule is Cc1ccc(-c2nc(C(C)N)no2)c(C)c1. The third kappa shape index (κ3) is 1.97. The van der Waals surface area contributed by atoms with Gasteiger partial charge >= 0.3 is 0 Å². The number of nitrogens with zero attached hydrogens (tertiary/aromatic N) is 2. The highest BCUT2D eigenvalue weighted by molar-refractivity contribution is 5.58. The highest BCUT2D eigenvalue weighted by Gasteiger charge is 2.13. The topological polar surface area (TPSA) is 64.9 Å². The quantitative estimate of drug-likeness (QED) is 0.838. The molecule has 4 heteroatoms. The van der Waals surface area contributed by atoms with Crippen LogP contribution < -0.4 is 5.73 Å². The lowest BCUT2D eigenvalue weighted by atomic mass is 10.1. The van der Waals surface area contributed by atoms with E-state index in [1.807, 2.05) is 26.0 Å². The van der Waals surface area contributed by atoms with Crippen molar-refractivity contribution in [2.24, 2.45) is 5.73 Å². The third-order valence-electron chi connectivity index (χ3n) is 2.46. The lowest BCUT2D eigenvalue weighted by Gasteiger charge is -2.01.